The number of ether oxygens (including phenoxy) is 1. The fourth-order valence-electron chi connectivity index (χ4n) is 4.05. The second kappa shape index (κ2) is 6.96. The summed E-state index contributed by atoms with van der Waals surface area (Å²) in [6.07, 6.45) is 2.05. The third-order valence-electron chi connectivity index (χ3n) is 5.35. The number of aryl methyl sites for hydroxylation is 1. The molecule has 0 aromatic carbocycles. The molecule has 4 heterocycles. The van der Waals surface area contributed by atoms with Crippen molar-refractivity contribution in [1.82, 2.24) is 14.9 Å². The van der Waals surface area contributed by atoms with E-state index in [4.69, 9.17) is 9.57 Å². The van der Waals surface area contributed by atoms with Gasteiger partial charge in [-0.1, -0.05) is 0 Å². The van der Waals surface area contributed by atoms with Crippen LogP contribution in [0, 0.1) is 6.92 Å². The summed E-state index contributed by atoms with van der Waals surface area (Å²) >= 11 is 1.86. The van der Waals surface area contributed by atoms with Gasteiger partial charge >= 0.3 is 0 Å². The van der Waals surface area contributed by atoms with Crippen molar-refractivity contribution in [2.75, 3.05) is 46.4 Å². The lowest BCUT2D eigenvalue weighted by Crippen LogP contribution is -2.72. The van der Waals surface area contributed by atoms with Gasteiger partial charge in [0.25, 0.3) is 5.91 Å². The molecule has 3 aliphatic heterocycles. The number of hydrogen-bond donors (Lipinski definition) is 0. The number of likely N-dealkylation sites (N-methyl/N-ethyl adjacent to an activating group) is 1. The molecule has 1 amide bonds. The molecule has 0 bridgehead atoms. The zero-order valence-electron chi connectivity index (χ0n) is 15.1. The highest BCUT2D eigenvalue weighted by molar-refractivity contribution is 7.11. The van der Waals surface area contributed by atoms with Gasteiger partial charge in [0.15, 0.2) is 0 Å². The molecule has 1 atom stereocenters. The Labute approximate surface area is 153 Å². The minimum absolute atomic E-state index is 0.0438. The Kier molecular flexibility index (Phi) is 4.85. The molecule has 3 aliphatic rings. The fraction of sp³-hybridized carbons (Fsp3) is 0.722. The van der Waals surface area contributed by atoms with Crippen LogP contribution in [0.5, 0.6) is 0 Å². The molecule has 1 aromatic heterocycles. The van der Waals surface area contributed by atoms with E-state index in [9.17, 15) is 4.79 Å². The molecule has 3 fully saturated rings. The topological polar surface area (TPSA) is 45.2 Å². The first-order valence-electron chi connectivity index (χ1n) is 9.11. The highest BCUT2D eigenvalue weighted by atomic mass is 32.1. The zero-order chi connectivity index (χ0) is 17.4. The number of morpholine rings is 1. The molecule has 7 heteroatoms. The van der Waals surface area contributed by atoms with Crippen molar-refractivity contribution in [1.29, 1.82) is 0 Å². The predicted octanol–water partition coefficient (Wildman–Crippen LogP) is 1.50. The smallest absolute Gasteiger partial charge is 0.265 e. The highest BCUT2D eigenvalue weighted by Gasteiger charge is 2.50. The van der Waals surface area contributed by atoms with E-state index in [0.29, 0.717) is 19.8 Å². The van der Waals surface area contributed by atoms with E-state index in [1.165, 1.54) is 14.8 Å². The molecule has 0 aliphatic carbocycles. The molecule has 1 spiro atoms. The van der Waals surface area contributed by atoms with Crippen molar-refractivity contribution in [3.05, 3.63) is 21.9 Å². The van der Waals surface area contributed by atoms with Crippen molar-refractivity contribution in [3.8, 4) is 0 Å². The Bertz CT molecular complexity index is 623. The van der Waals surface area contributed by atoms with Crippen molar-refractivity contribution in [3.63, 3.8) is 0 Å². The summed E-state index contributed by atoms with van der Waals surface area (Å²) in [6.45, 7) is 7.63. The molecule has 25 heavy (non-hydrogen) atoms. The van der Waals surface area contributed by atoms with Crippen molar-refractivity contribution in [2.24, 2.45) is 0 Å². The van der Waals surface area contributed by atoms with Gasteiger partial charge in [-0.05, 0) is 38.9 Å². The van der Waals surface area contributed by atoms with Gasteiger partial charge in [0.2, 0.25) is 0 Å². The first-order valence-corrected chi connectivity index (χ1v) is 9.92. The van der Waals surface area contributed by atoms with Gasteiger partial charge in [-0.2, -0.15) is 0 Å². The SMILES string of the molecule is Cc1ccc(CN2CC3(C2)CN(C)[C@@H](C(=O)N2CCCCO2)CO3)s1. The van der Waals surface area contributed by atoms with Crippen LogP contribution < -0.4 is 0 Å². The number of nitrogens with zero attached hydrogens (tertiary/aromatic N) is 3. The predicted molar refractivity (Wildman–Crippen MR) is 96.3 cm³/mol. The number of hydroxylamine groups is 2. The number of hydrogen-bond acceptors (Lipinski definition) is 6. The second-order valence-electron chi connectivity index (χ2n) is 7.56. The van der Waals surface area contributed by atoms with E-state index in [0.717, 1.165) is 39.0 Å². The van der Waals surface area contributed by atoms with Gasteiger partial charge in [0, 0.05) is 42.5 Å². The van der Waals surface area contributed by atoms with Gasteiger partial charge < -0.3 is 4.74 Å². The molecule has 4 rings (SSSR count). The summed E-state index contributed by atoms with van der Waals surface area (Å²) in [5, 5.41) is 1.54. The summed E-state index contributed by atoms with van der Waals surface area (Å²) in [4.78, 5) is 25.5. The standard InChI is InChI=1S/C18H27N3O3S/c1-14-5-6-15(25-14)9-20-12-18(13-20)11-19(2)16(10-23-18)17(22)21-7-3-4-8-24-21/h5-6,16H,3-4,7-13H2,1-2H3/t16-/m1/s1. The van der Waals surface area contributed by atoms with Crippen LogP contribution in [0.3, 0.4) is 0 Å². The third-order valence-corrected chi connectivity index (χ3v) is 6.33. The van der Waals surface area contributed by atoms with Crippen LogP contribution >= 0.6 is 11.3 Å². The van der Waals surface area contributed by atoms with Gasteiger partial charge in [-0.15, -0.1) is 11.3 Å². The third kappa shape index (κ3) is 3.61. The lowest BCUT2D eigenvalue weighted by molar-refractivity contribution is -0.224. The first-order chi connectivity index (χ1) is 12.0. The maximum absolute atomic E-state index is 12.7. The van der Waals surface area contributed by atoms with Crippen LogP contribution in [-0.4, -0.2) is 78.9 Å². The average Bonchev–Trinajstić information content (AvgIpc) is 2.99. The maximum atomic E-state index is 12.7. The van der Waals surface area contributed by atoms with E-state index in [1.54, 1.807) is 0 Å². The van der Waals surface area contributed by atoms with E-state index in [2.05, 4.69) is 28.9 Å². The summed E-state index contributed by atoms with van der Waals surface area (Å²) < 4.78 is 6.19. The molecule has 0 N–H and O–H groups in total. The van der Waals surface area contributed by atoms with Gasteiger partial charge in [-0.3, -0.25) is 19.4 Å². The monoisotopic (exact) mass is 365 g/mol. The van der Waals surface area contributed by atoms with Crippen LogP contribution in [0.25, 0.3) is 0 Å². The van der Waals surface area contributed by atoms with Crippen LogP contribution in [0.1, 0.15) is 22.6 Å². The summed E-state index contributed by atoms with van der Waals surface area (Å²) in [5.74, 6) is 0.0438. The average molecular weight is 365 g/mol. The van der Waals surface area contributed by atoms with Crippen LogP contribution in [-0.2, 0) is 20.9 Å². The van der Waals surface area contributed by atoms with E-state index in [1.807, 2.05) is 18.4 Å². The van der Waals surface area contributed by atoms with Crippen LogP contribution in [0.4, 0.5) is 0 Å². The van der Waals surface area contributed by atoms with Gasteiger partial charge in [0.05, 0.1) is 13.2 Å². The summed E-state index contributed by atoms with van der Waals surface area (Å²) in [7, 11) is 2.03. The van der Waals surface area contributed by atoms with E-state index >= 15 is 0 Å². The molecule has 0 saturated carbocycles. The largest absolute Gasteiger partial charge is 0.369 e. The number of carbonyl (C=O) groups excluding carboxylic acids is 1. The Morgan fingerprint density at radius 3 is 2.80 bits per heavy atom. The normalized spacial score (nSPS) is 27.4. The Balaban J connectivity index is 1.29. The molecule has 138 valence electrons. The molecule has 0 unspecified atom stereocenters. The Hall–Kier alpha value is -0.990. The Morgan fingerprint density at radius 1 is 1.32 bits per heavy atom. The van der Waals surface area contributed by atoms with Crippen LogP contribution in [0.2, 0.25) is 0 Å². The number of amides is 1. The molecule has 1 aromatic rings. The highest BCUT2D eigenvalue weighted by Crippen LogP contribution is 2.33. The maximum Gasteiger partial charge on any atom is 0.265 e. The number of likely N-dealkylation sites (tertiary alicyclic amines) is 1. The van der Waals surface area contributed by atoms with Crippen LogP contribution in [0.15, 0.2) is 12.1 Å². The number of carbonyl (C=O) groups is 1. The second-order valence-corrected chi connectivity index (χ2v) is 8.94. The van der Waals surface area contributed by atoms with Gasteiger partial charge in [-0.25, -0.2) is 5.06 Å². The van der Waals surface area contributed by atoms with E-state index in [-0.39, 0.29) is 17.6 Å². The van der Waals surface area contributed by atoms with Crippen molar-refractivity contribution < 1.29 is 14.4 Å². The van der Waals surface area contributed by atoms with Crippen molar-refractivity contribution >= 4 is 17.2 Å². The lowest BCUT2D eigenvalue weighted by atomic mass is 9.90. The number of thiophene rings is 1. The minimum atomic E-state index is -0.224. The molecule has 6 nitrogen and oxygen atoms in total. The molecule has 0 radical (unpaired) electrons. The van der Waals surface area contributed by atoms with E-state index < -0.39 is 0 Å². The number of rotatable bonds is 3. The zero-order valence-corrected chi connectivity index (χ0v) is 15.9. The Morgan fingerprint density at radius 2 is 2.16 bits per heavy atom. The quantitative estimate of drug-likeness (QED) is 0.812. The molecular formula is C18H27N3O3S. The molecular weight excluding hydrogens is 338 g/mol. The summed E-state index contributed by atoms with van der Waals surface area (Å²) in [5.41, 5.74) is -0.111. The summed E-state index contributed by atoms with van der Waals surface area (Å²) in [6, 6.07) is 4.17. The first kappa shape index (κ1) is 17.4. The lowest BCUT2D eigenvalue weighted by Gasteiger charge is -2.55. The van der Waals surface area contributed by atoms with Gasteiger partial charge in [0.1, 0.15) is 11.6 Å². The van der Waals surface area contributed by atoms with Crippen molar-refractivity contribution in [2.45, 2.75) is 38.0 Å². The fourth-order valence-corrected chi connectivity index (χ4v) is 4.99. The minimum Gasteiger partial charge on any atom is -0.369 e. The molecule has 3 saturated heterocycles.